The first-order chi connectivity index (χ1) is 16.5. The maximum absolute atomic E-state index is 12.8. The highest BCUT2D eigenvalue weighted by Crippen LogP contribution is 2.22. The van der Waals surface area contributed by atoms with Crippen molar-refractivity contribution in [3.05, 3.63) is 83.9 Å². The number of aryl methyl sites for hydroxylation is 1. The van der Waals surface area contributed by atoms with Crippen molar-refractivity contribution in [2.24, 2.45) is 0 Å². The molecule has 0 saturated carbocycles. The number of carbonyl (C=O) groups is 2. The van der Waals surface area contributed by atoms with Crippen LogP contribution in [-0.2, 0) is 4.79 Å². The standard InChI is InChI=1S/C24H22N6O3S/c1-16-6-5-7-17(14-16)25-23(32)20-8-3-4-9-21(20)26-22(31)15-34-24-27-28-29-30(24)18-10-12-19(33-2)13-11-18/h3-14H,15H2,1-2H3,(H,25,32)(H,26,31). The smallest absolute Gasteiger partial charge is 0.257 e. The highest BCUT2D eigenvalue weighted by Gasteiger charge is 2.16. The van der Waals surface area contributed by atoms with Gasteiger partial charge in [0, 0.05) is 5.69 Å². The number of aromatic nitrogens is 4. The molecule has 9 nitrogen and oxygen atoms in total. The number of thioether (sulfide) groups is 1. The summed E-state index contributed by atoms with van der Waals surface area (Å²) in [6.45, 7) is 1.95. The number of methoxy groups -OCH3 is 1. The molecule has 4 rings (SSSR count). The Bertz CT molecular complexity index is 1310. The molecule has 0 aliphatic rings. The Morgan fingerprint density at radius 2 is 1.79 bits per heavy atom. The quantitative estimate of drug-likeness (QED) is 0.372. The number of hydrogen-bond acceptors (Lipinski definition) is 7. The van der Waals surface area contributed by atoms with Crippen LogP contribution in [0.15, 0.2) is 78.0 Å². The van der Waals surface area contributed by atoms with E-state index in [1.807, 2.05) is 43.3 Å². The van der Waals surface area contributed by atoms with E-state index < -0.39 is 0 Å². The van der Waals surface area contributed by atoms with Gasteiger partial charge in [-0.05, 0) is 71.4 Å². The second-order valence-electron chi connectivity index (χ2n) is 7.28. The lowest BCUT2D eigenvalue weighted by Gasteiger charge is -2.12. The molecule has 1 heterocycles. The fraction of sp³-hybridized carbons (Fsp3) is 0.125. The van der Waals surface area contributed by atoms with Gasteiger partial charge in [-0.1, -0.05) is 36.0 Å². The van der Waals surface area contributed by atoms with E-state index >= 15 is 0 Å². The van der Waals surface area contributed by atoms with E-state index in [0.717, 1.165) is 17.0 Å². The summed E-state index contributed by atoms with van der Waals surface area (Å²) in [5.41, 5.74) is 3.26. The zero-order valence-electron chi connectivity index (χ0n) is 18.6. The number of tetrazole rings is 1. The Kier molecular flexibility index (Phi) is 7.19. The summed E-state index contributed by atoms with van der Waals surface area (Å²) in [6.07, 6.45) is 0. The monoisotopic (exact) mass is 474 g/mol. The molecule has 0 fully saturated rings. The molecule has 0 spiro atoms. The topological polar surface area (TPSA) is 111 Å². The zero-order chi connectivity index (χ0) is 23.9. The maximum Gasteiger partial charge on any atom is 0.257 e. The van der Waals surface area contributed by atoms with Gasteiger partial charge in [0.05, 0.1) is 29.8 Å². The maximum atomic E-state index is 12.8. The van der Waals surface area contributed by atoms with Crippen LogP contribution in [0.4, 0.5) is 11.4 Å². The largest absolute Gasteiger partial charge is 0.497 e. The van der Waals surface area contributed by atoms with Crippen LogP contribution in [0.2, 0.25) is 0 Å². The van der Waals surface area contributed by atoms with Crippen LogP contribution in [-0.4, -0.2) is 44.9 Å². The lowest BCUT2D eigenvalue weighted by atomic mass is 10.1. The molecular weight excluding hydrogens is 452 g/mol. The first-order valence-electron chi connectivity index (χ1n) is 10.4. The third-order valence-electron chi connectivity index (χ3n) is 4.81. The van der Waals surface area contributed by atoms with Crippen LogP contribution in [0, 0.1) is 6.92 Å². The fourth-order valence-corrected chi connectivity index (χ4v) is 3.87. The minimum Gasteiger partial charge on any atom is -0.497 e. The van der Waals surface area contributed by atoms with Gasteiger partial charge in [0.2, 0.25) is 11.1 Å². The molecule has 0 unspecified atom stereocenters. The zero-order valence-corrected chi connectivity index (χ0v) is 19.4. The van der Waals surface area contributed by atoms with Crippen LogP contribution in [0.25, 0.3) is 5.69 Å². The van der Waals surface area contributed by atoms with Gasteiger partial charge in [-0.15, -0.1) is 5.10 Å². The number of rotatable bonds is 8. The molecule has 0 aliphatic carbocycles. The van der Waals surface area contributed by atoms with Crippen molar-refractivity contribution in [2.75, 3.05) is 23.5 Å². The van der Waals surface area contributed by atoms with Gasteiger partial charge in [0.25, 0.3) is 5.91 Å². The minimum atomic E-state index is -0.308. The van der Waals surface area contributed by atoms with Gasteiger partial charge < -0.3 is 15.4 Å². The molecule has 2 N–H and O–H groups in total. The van der Waals surface area contributed by atoms with E-state index in [9.17, 15) is 9.59 Å². The SMILES string of the molecule is COc1ccc(-n2nnnc2SCC(=O)Nc2ccccc2C(=O)Nc2cccc(C)c2)cc1. The second-order valence-corrected chi connectivity index (χ2v) is 8.22. The first-order valence-corrected chi connectivity index (χ1v) is 11.3. The van der Waals surface area contributed by atoms with Crippen LogP contribution < -0.4 is 15.4 Å². The number of anilines is 2. The molecule has 34 heavy (non-hydrogen) atoms. The van der Waals surface area contributed by atoms with Crippen molar-refractivity contribution >= 4 is 35.0 Å². The number of nitrogens with one attached hydrogen (secondary N) is 2. The summed E-state index contributed by atoms with van der Waals surface area (Å²) >= 11 is 1.19. The van der Waals surface area contributed by atoms with Crippen LogP contribution >= 0.6 is 11.8 Å². The summed E-state index contributed by atoms with van der Waals surface area (Å²) < 4.78 is 6.71. The van der Waals surface area contributed by atoms with Crippen molar-refractivity contribution in [3.8, 4) is 11.4 Å². The molecule has 0 aliphatic heterocycles. The molecule has 0 radical (unpaired) electrons. The van der Waals surface area contributed by atoms with Crippen molar-refractivity contribution < 1.29 is 14.3 Å². The lowest BCUT2D eigenvalue weighted by molar-refractivity contribution is -0.113. The molecule has 4 aromatic rings. The van der Waals surface area contributed by atoms with Gasteiger partial charge in [0.1, 0.15) is 5.75 Å². The number of carbonyl (C=O) groups excluding carboxylic acids is 2. The first kappa shape index (κ1) is 23.0. The Balaban J connectivity index is 1.41. The van der Waals surface area contributed by atoms with Gasteiger partial charge in [0.15, 0.2) is 0 Å². The summed E-state index contributed by atoms with van der Waals surface area (Å²) in [6, 6.07) is 21.6. The molecular formula is C24H22N6O3S. The molecule has 0 saturated heterocycles. The predicted octanol–water partition coefficient (Wildman–Crippen LogP) is 3.96. The molecule has 0 atom stereocenters. The van der Waals surface area contributed by atoms with E-state index in [4.69, 9.17) is 4.74 Å². The van der Waals surface area contributed by atoms with Crippen LogP contribution in [0.1, 0.15) is 15.9 Å². The summed E-state index contributed by atoms with van der Waals surface area (Å²) in [5.74, 6) is 0.183. The van der Waals surface area contributed by atoms with Crippen LogP contribution in [0.3, 0.4) is 0 Å². The lowest BCUT2D eigenvalue weighted by Crippen LogP contribution is -2.19. The molecule has 10 heteroatoms. The van der Waals surface area contributed by atoms with Crippen molar-refractivity contribution in [2.45, 2.75) is 12.1 Å². The fourth-order valence-electron chi connectivity index (χ4n) is 3.18. The van der Waals surface area contributed by atoms with E-state index in [-0.39, 0.29) is 17.6 Å². The Morgan fingerprint density at radius 3 is 2.56 bits per heavy atom. The number of nitrogens with zero attached hydrogens (tertiary/aromatic N) is 4. The average Bonchev–Trinajstić information content (AvgIpc) is 3.32. The van der Waals surface area contributed by atoms with Crippen LogP contribution in [0.5, 0.6) is 5.75 Å². The van der Waals surface area contributed by atoms with Crippen molar-refractivity contribution in [3.63, 3.8) is 0 Å². The number of hydrogen-bond donors (Lipinski definition) is 2. The summed E-state index contributed by atoms with van der Waals surface area (Å²) in [4.78, 5) is 25.5. The average molecular weight is 475 g/mol. The molecule has 2 amide bonds. The van der Waals surface area contributed by atoms with Gasteiger partial charge in [-0.3, -0.25) is 9.59 Å². The number of amides is 2. The second kappa shape index (κ2) is 10.6. The van der Waals surface area contributed by atoms with Crippen molar-refractivity contribution in [1.29, 1.82) is 0 Å². The summed E-state index contributed by atoms with van der Waals surface area (Å²) in [5, 5.41) is 17.9. The number of ether oxygens (including phenoxy) is 1. The highest BCUT2D eigenvalue weighted by molar-refractivity contribution is 7.99. The number of para-hydroxylation sites is 1. The number of benzene rings is 3. The van der Waals surface area contributed by atoms with E-state index in [1.54, 1.807) is 48.2 Å². The molecule has 172 valence electrons. The van der Waals surface area contributed by atoms with Gasteiger partial charge in [-0.25, -0.2) is 0 Å². The van der Waals surface area contributed by atoms with E-state index in [2.05, 4.69) is 26.2 Å². The molecule has 3 aromatic carbocycles. The third-order valence-corrected chi connectivity index (χ3v) is 5.73. The van der Waals surface area contributed by atoms with E-state index in [0.29, 0.717) is 22.1 Å². The highest BCUT2D eigenvalue weighted by atomic mass is 32.2. The normalized spacial score (nSPS) is 10.5. The Labute approximate surface area is 200 Å². The van der Waals surface area contributed by atoms with Crippen molar-refractivity contribution in [1.82, 2.24) is 20.2 Å². The minimum absolute atomic E-state index is 0.0599. The summed E-state index contributed by atoms with van der Waals surface area (Å²) in [7, 11) is 1.59. The predicted molar refractivity (Wildman–Crippen MR) is 131 cm³/mol. The van der Waals surface area contributed by atoms with Gasteiger partial charge in [-0.2, -0.15) is 4.68 Å². The third kappa shape index (κ3) is 5.59. The molecule has 1 aromatic heterocycles. The Morgan fingerprint density at radius 1 is 1.00 bits per heavy atom. The van der Waals surface area contributed by atoms with Gasteiger partial charge >= 0.3 is 0 Å². The van der Waals surface area contributed by atoms with E-state index in [1.165, 1.54) is 11.8 Å². The Hall–Kier alpha value is -4.18. The molecule has 0 bridgehead atoms.